The van der Waals surface area contributed by atoms with Gasteiger partial charge in [0.15, 0.2) is 0 Å². The van der Waals surface area contributed by atoms with Crippen LogP contribution in [0.15, 0.2) is 48.5 Å². The number of hydrogen-bond donors (Lipinski definition) is 1. The Morgan fingerprint density at radius 2 is 1.88 bits per heavy atom. The topological polar surface area (TPSA) is 72.2 Å². The SMILES string of the molecule is C[C@@H](NC(=O)CS[C@H](C)c1cccc([N+](=O)[O-])c1)c1cccc(Cl)c1. The molecule has 1 amide bonds. The normalized spacial score (nSPS) is 13.1. The van der Waals surface area contributed by atoms with E-state index in [1.807, 2.05) is 38.1 Å². The van der Waals surface area contributed by atoms with E-state index in [1.165, 1.54) is 17.8 Å². The number of nitrogens with zero attached hydrogens (tertiary/aromatic N) is 1. The molecule has 2 aromatic rings. The number of halogens is 1. The number of hydrogen-bond acceptors (Lipinski definition) is 4. The second-order valence-corrected chi connectivity index (χ2v) is 7.42. The second kappa shape index (κ2) is 8.87. The highest BCUT2D eigenvalue weighted by atomic mass is 35.5. The van der Waals surface area contributed by atoms with Gasteiger partial charge in [0, 0.05) is 22.4 Å². The summed E-state index contributed by atoms with van der Waals surface area (Å²) in [5, 5.41) is 14.4. The molecule has 0 heterocycles. The first-order valence-electron chi connectivity index (χ1n) is 7.77. The molecule has 0 saturated heterocycles. The van der Waals surface area contributed by atoms with Gasteiger partial charge in [-0.05, 0) is 37.1 Å². The van der Waals surface area contributed by atoms with Crippen molar-refractivity contribution in [3.05, 3.63) is 74.8 Å². The third-order valence-electron chi connectivity index (χ3n) is 3.74. The van der Waals surface area contributed by atoms with Crippen LogP contribution in [0.3, 0.4) is 0 Å². The molecule has 0 aliphatic carbocycles. The fourth-order valence-electron chi connectivity index (χ4n) is 2.33. The summed E-state index contributed by atoms with van der Waals surface area (Å²) in [6.07, 6.45) is 0. The Morgan fingerprint density at radius 1 is 1.20 bits per heavy atom. The fraction of sp³-hybridized carbons (Fsp3) is 0.278. The van der Waals surface area contributed by atoms with E-state index in [-0.39, 0.29) is 28.6 Å². The largest absolute Gasteiger partial charge is 0.349 e. The van der Waals surface area contributed by atoms with E-state index in [0.717, 1.165) is 11.1 Å². The Hall–Kier alpha value is -2.05. The minimum Gasteiger partial charge on any atom is -0.349 e. The van der Waals surface area contributed by atoms with Crippen molar-refractivity contribution in [2.75, 3.05) is 5.75 Å². The zero-order valence-electron chi connectivity index (χ0n) is 13.9. The smallest absolute Gasteiger partial charge is 0.269 e. The number of thioether (sulfide) groups is 1. The summed E-state index contributed by atoms with van der Waals surface area (Å²) in [5.74, 6) is 0.184. The lowest BCUT2D eigenvalue weighted by molar-refractivity contribution is -0.384. The number of benzene rings is 2. The lowest BCUT2D eigenvalue weighted by atomic mass is 10.1. The van der Waals surface area contributed by atoms with Crippen molar-refractivity contribution in [2.45, 2.75) is 25.1 Å². The van der Waals surface area contributed by atoms with Crippen molar-refractivity contribution in [3.63, 3.8) is 0 Å². The van der Waals surface area contributed by atoms with E-state index >= 15 is 0 Å². The summed E-state index contributed by atoms with van der Waals surface area (Å²) in [4.78, 5) is 22.6. The Balaban J connectivity index is 1.89. The molecule has 1 N–H and O–H groups in total. The number of rotatable bonds is 7. The average molecular weight is 379 g/mol. The fourth-order valence-corrected chi connectivity index (χ4v) is 3.35. The van der Waals surface area contributed by atoms with Gasteiger partial charge in [-0.1, -0.05) is 35.9 Å². The van der Waals surface area contributed by atoms with Crippen molar-refractivity contribution in [1.82, 2.24) is 5.32 Å². The summed E-state index contributed by atoms with van der Waals surface area (Å²) in [5.41, 5.74) is 1.83. The van der Waals surface area contributed by atoms with Crippen molar-refractivity contribution < 1.29 is 9.72 Å². The van der Waals surface area contributed by atoms with Gasteiger partial charge >= 0.3 is 0 Å². The number of nitrogens with one attached hydrogen (secondary N) is 1. The van der Waals surface area contributed by atoms with Crippen molar-refractivity contribution >= 4 is 35.0 Å². The van der Waals surface area contributed by atoms with Crippen molar-refractivity contribution in [3.8, 4) is 0 Å². The van der Waals surface area contributed by atoms with Crippen LogP contribution in [0.5, 0.6) is 0 Å². The van der Waals surface area contributed by atoms with Gasteiger partial charge in [0.1, 0.15) is 0 Å². The van der Waals surface area contributed by atoms with E-state index in [1.54, 1.807) is 18.2 Å². The molecular formula is C18H19ClN2O3S. The number of amides is 1. The number of carbonyl (C=O) groups is 1. The van der Waals surface area contributed by atoms with Gasteiger partial charge in [-0.3, -0.25) is 14.9 Å². The van der Waals surface area contributed by atoms with Crippen LogP contribution in [-0.2, 0) is 4.79 Å². The van der Waals surface area contributed by atoms with E-state index in [2.05, 4.69) is 5.32 Å². The summed E-state index contributed by atoms with van der Waals surface area (Å²) >= 11 is 7.40. The van der Waals surface area contributed by atoms with Crippen molar-refractivity contribution in [1.29, 1.82) is 0 Å². The molecular weight excluding hydrogens is 360 g/mol. The average Bonchev–Trinajstić information content (AvgIpc) is 2.59. The molecule has 0 aromatic heterocycles. The Kier molecular flexibility index (Phi) is 6.84. The van der Waals surface area contributed by atoms with Crippen molar-refractivity contribution in [2.24, 2.45) is 0 Å². The van der Waals surface area contributed by atoms with Gasteiger partial charge in [0.25, 0.3) is 5.69 Å². The first kappa shape index (κ1) is 19.3. The summed E-state index contributed by atoms with van der Waals surface area (Å²) in [7, 11) is 0. The molecule has 0 radical (unpaired) electrons. The highest BCUT2D eigenvalue weighted by Gasteiger charge is 2.15. The molecule has 7 heteroatoms. The zero-order chi connectivity index (χ0) is 18.4. The van der Waals surface area contributed by atoms with E-state index in [0.29, 0.717) is 5.02 Å². The molecule has 0 aliphatic rings. The standard InChI is InChI=1S/C18H19ClN2O3S/c1-12(14-5-3-7-16(19)9-14)20-18(22)11-25-13(2)15-6-4-8-17(10-15)21(23)24/h3-10,12-13H,11H2,1-2H3,(H,20,22)/t12-,13-/m1/s1. The molecule has 2 aromatic carbocycles. The van der Waals surface area contributed by atoms with Crippen LogP contribution in [0.1, 0.15) is 36.3 Å². The highest BCUT2D eigenvalue weighted by molar-refractivity contribution is 8.00. The van der Waals surface area contributed by atoms with E-state index in [9.17, 15) is 14.9 Å². The summed E-state index contributed by atoms with van der Waals surface area (Å²) in [6.45, 7) is 3.83. The third kappa shape index (κ3) is 5.76. The van der Waals surface area contributed by atoms with Crippen LogP contribution in [0.2, 0.25) is 5.02 Å². The Bertz CT molecular complexity index is 769. The van der Waals surface area contributed by atoms with Gasteiger partial charge in [-0.25, -0.2) is 0 Å². The minimum atomic E-state index is -0.416. The summed E-state index contributed by atoms with van der Waals surface area (Å²) in [6, 6.07) is 13.7. The van der Waals surface area contributed by atoms with Crippen LogP contribution in [0.25, 0.3) is 0 Å². The molecule has 0 unspecified atom stereocenters. The first-order valence-corrected chi connectivity index (χ1v) is 9.20. The monoisotopic (exact) mass is 378 g/mol. The minimum absolute atomic E-state index is 0.0212. The molecule has 2 atom stereocenters. The molecule has 0 saturated carbocycles. The first-order chi connectivity index (χ1) is 11.9. The maximum atomic E-state index is 12.1. The molecule has 2 rings (SSSR count). The highest BCUT2D eigenvalue weighted by Crippen LogP contribution is 2.30. The van der Waals surface area contributed by atoms with Gasteiger partial charge in [-0.2, -0.15) is 0 Å². The Morgan fingerprint density at radius 3 is 2.56 bits per heavy atom. The number of carbonyl (C=O) groups excluding carboxylic acids is 1. The lowest BCUT2D eigenvalue weighted by Gasteiger charge is -2.16. The van der Waals surface area contributed by atoms with Gasteiger partial charge in [0.2, 0.25) is 5.91 Å². The van der Waals surface area contributed by atoms with Gasteiger partial charge in [0.05, 0.1) is 16.7 Å². The van der Waals surface area contributed by atoms with Crippen LogP contribution in [0.4, 0.5) is 5.69 Å². The maximum Gasteiger partial charge on any atom is 0.269 e. The van der Waals surface area contributed by atoms with Crippen LogP contribution >= 0.6 is 23.4 Å². The molecule has 0 spiro atoms. The quantitative estimate of drug-likeness (QED) is 0.548. The molecule has 0 aliphatic heterocycles. The third-order valence-corrected chi connectivity index (χ3v) is 5.18. The zero-order valence-corrected chi connectivity index (χ0v) is 15.5. The van der Waals surface area contributed by atoms with Gasteiger partial charge < -0.3 is 5.32 Å². The maximum absolute atomic E-state index is 12.1. The van der Waals surface area contributed by atoms with Crippen LogP contribution in [0, 0.1) is 10.1 Å². The molecule has 25 heavy (non-hydrogen) atoms. The number of nitro groups is 1. The summed E-state index contributed by atoms with van der Waals surface area (Å²) < 4.78 is 0. The van der Waals surface area contributed by atoms with E-state index in [4.69, 9.17) is 11.6 Å². The van der Waals surface area contributed by atoms with E-state index < -0.39 is 4.92 Å². The lowest BCUT2D eigenvalue weighted by Crippen LogP contribution is -2.28. The molecule has 5 nitrogen and oxygen atoms in total. The second-order valence-electron chi connectivity index (χ2n) is 5.65. The van der Waals surface area contributed by atoms with Crippen LogP contribution in [-0.4, -0.2) is 16.6 Å². The molecule has 0 fully saturated rings. The molecule has 132 valence electrons. The predicted molar refractivity (Wildman–Crippen MR) is 102 cm³/mol. The predicted octanol–water partition coefficient (Wildman–Crippen LogP) is 4.92. The molecule has 0 bridgehead atoms. The Labute approximate surface area is 155 Å². The number of non-ortho nitro benzene ring substituents is 1. The number of nitro benzene ring substituents is 1. The van der Waals surface area contributed by atoms with Gasteiger partial charge in [-0.15, -0.1) is 11.8 Å². The van der Waals surface area contributed by atoms with Crippen LogP contribution < -0.4 is 5.32 Å².